The molecule has 1 heterocycles. The molecule has 1 rings (SSSR count). The molecule has 0 atom stereocenters. The Morgan fingerprint density at radius 1 is 1.41 bits per heavy atom. The van der Waals surface area contributed by atoms with E-state index in [0.29, 0.717) is 25.3 Å². The molecule has 0 N–H and O–H groups in total. The van der Waals surface area contributed by atoms with Crippen molar-refractivity contribution < 1.29 is 9.53 Å². The molecule has 0 unspecified atom stereocenters. The Morgan fingerprint density at radius 2 is 2.18 bits per heavy atom. The number of nitrogens with zero attached hydrogens (tertiary/aromatic N) is 2. The first-order valence-corrected chi connectivity index (χ1v) is 6.82. The van der Waals surface area contributed by atoms with Crippen LogP contribution in [0, 0.1) is 0 Å². The van der Waals surface area contributed by atoms with Gasteiger partial charge in [-0.25, -0.2) is 0 Å². The number of ketones is 1. The first-order valence-electron chi connectivity index (χ1n) is 6.02. The molecule has 0 spiro atoms. The van der Waals surface area contributed by atoms with Gasteiger partial charge in [0.2, 0.25) is 0 Å². The van der Waals surface area contributed by atoms with Gasteiger partial charge < -0.3 is 4.74 Å². The van der Waals surface area contributed by atoms with Crippen molar-refractivity contribution in [2.45, 2.75) is 39.7 Å². The first-order chi connectivity index (χ1) is 8.20. The zero-order chi connectivity index (χ0) is 12.7. The summed E-state index contributed by atoms with van der Waals surface area (Å²) in [6.07, 6.45) is 4.02. The standard InChI is InChI=1S/C12H19BrN2O2/c1-3-6-15-12(10(13)9-14-15)11(16)5-8-17-7-4-2/h9H,3-8H2,1-2H3. The van der Waals surface area contributed by atoms with E-state index in [-0.39, 0.29) is 5.78 Å². The van der Waals surface area contributed by atoms with Crippen molar-refractivity contribution in [3.05, 3.63) is 16.4 Å². The topological polar surface area (TPSA) is 44.1 Å². The fourth-order valence-electron chi connectivity index (χ4n) is 1.55. The highest BCUT2D eigenvalue weighted by Gasteiger charge is 2.16. The Labute approximate surface area is 110 Å². The number of Topliss-reactive ketones (excluding diaryl/α,β-unsaturated/α-hetero) is 1. The van der Waals surface area contributed by atoms with Crippen LogP contribution in [0.1, 0.15) is 43.6 Å². The van der Waals surface area contributed by atoms with Crippen LogP contribution in [0.5, 0.6) is 0 Å². The number of carbonyl (C=O) groups is 1. The van der Waals surface area contributed by atoms with Crippen molar-refractivity contribution in [3.63, 3.8) is 0 Å². The second kappa shape index (κ2) is 7.61. The van der Waals surface area contributed by atoms with E-state index in [1.807, 2.05) is 0 Å². The predicted octanol–water partition coefficient (Wildman–Crippen LogP) is 3.06. The molecule has 4 nitrogen and oxygen atoms in total. The van der Waals surface area contributed by atoms with Crippen molar-refractivity contribution in [3.8, 4) is 0 Å². The molecule has 0 amide bonds. The van der Waals surface area contributed by atoms with Crippen molar-refractivity contribution in [2.75, 3.05) is 13.2 Å². The second-order valence-electron chi connectivity index (χ2n) is 3.85. The maximum absolute atomic E-state index is 12.0. The molecule has 0 aliphatic rings. The van der Waals surface area contributed by atoms with Gasteiger partial charge in [-0.15, -0.1) is 0 Å². The van der Waals surface area contributed by atoms with Crippen LogP contribution in [0.3, 0.4) is 0 Å². The molecule has 0 bridgehead atoms. The molecule has 96 valence electrons. The van der Waals surface area contributed by atoms with Gasteiger partial charge in [0.15, 0.2) is 5.78 Å². The third kappa shape index (κ3) is 4.24. The Kier molecular flexibility index (Phi) is 6.44. The molecule has 1 aromatic rings. The quantitative estimate of drug-likeness (QED) is 0.547. The number of aromatic nitrogens is 2. The summed E-state index contributed by atoms with van der Waals surface area (Å²) < 4.78 is 7.85. The third-order valence-electron chi connectivity index (χ3n) is 2.32. The van der Waals surface area contributed by atoms with Crippen LogP contribution in [0.15, 0.2) is 10.7 Å². The molecule has 5 heteroatoms. The van der Waals surface area contributed by atoms with Gasteiger partial charge in [-0.2, -0.15) is 5.10 Å². The summed E-state index contributed by atoms with van der Waals surface area (Å²) in [7, 11) is 0. The van der Waals surface area contributed by atoms with E-state index in [2.05, 4.69) is 34.9 Å². The summed E-state index contributed by atoms with van der Waals surface area (Å²) in [5.74, 6) is 0.0823. The number of hydrogen-bond donors (Lipinski definition) is 0. The van der Waals surface area contributed by atoms with Gasteiger partial charge in [0.25, 0.3) is 0 Å². The maximum Gasteiger partial charge on any atom is 0.184 e. The molecule has 0 saturated carbocycles. The van der Waals surface area contributed by atoms with E-state index in [1.165, 1.54) is 0 Å². The lowest BCUT2D eigenvalue weighted by atomic mass is 10.2. The SMILES string of the molecule is CCCOCCC(=O)c1c(Br)cnn1CCC. The summed E-state index contributed by atoms with van der Waals surface area (Å²) in [4.78, 5) is 12.0. The summed E-state index contributed by atoms with van der Waals surface area (Å²) in [6, 6.07) is 0. The van der Waals surface area contributed by atoms with Gasteiger partial charge in [-0.1, -0.05) is 13.8 Å². The molecule has 0 aliphatic heterocycles. The van der Waals surface area contributed by atoms with Gasteiger partial charge in [-0.3, -0.25) is 9.48 Å². The van der Waals surface area contributed by atoms with E-state index in [0.717, 1.165) is 23.9 Å². The lowest BCUT2D eigenvalue weighted by molar-refractivity contribution is 0.0868. The molecule has 0 aromatic carbocycles. The highest BCUT2D eigenvalue weighted by molar-refractivity contribution is 9.10. The number of ether oxygens (including phenoxy) is 1. The minimum atomic E-state index is 0.0823. The van der Waals surface area contributed by atoms with Gasteiger partial charge in [0, 0.05) is 19.6 Å². The number of hydrogen-bond acceptors (Lipinski definition) is 3. The average molecular weight is 303 g/mol. The van der Waals surface area contributed by atoms with Crippen LogP contribution >= 0.6 is 15.9 Å². The van der Waals surface area contributed by atoms with E-state index in [1.54, 1.807) is 10.9 Å². The van der Waals surface area contributed by atoms with E-state index >= 15 is 0 Å². The van der Waals surface area contributed by atoms with E-state index < -0.39 is 0 Å². The Hall–Kier alpha value is -0.680. The summed E-state index contributed by atoms with van der Waals surface area (Å²) in [5.41, 5.74) is 0.659. The fourth-order valence-corrected chi connectivity index (χ4v) is 2.07. The lowest BCUT2D eigenvalue weighted by Gasteiger charge is -2.06. The molecule has 0 saturated heterocycles. The predicted molar refractivity (Wildman–Crippen MR) is 70.3 cm³/mol. The summed E-state index contributed by atoms with van der Waals surface area (Å²) in [6.45, 7) is 6.07. The minimum absolute atomic E-state index is 0.0823. The monoisotopic (exact) mass is 302 g/mol. The third-order valence-corrected chi connectivity index (χ3v) is 2.90. The van der Waals surface area contributed by atoms with Gasteiger partial charge >= 0.3 is 0 Å². The second-order valence-corrected chi connectivity index (χ2v) is 4.70. The van der Waals surface area contributed by atoms with E-state index in [4.69, 9.17) is 4.74 Å². The highest BCUT2D eigenvalue weighted by Crippen LogP contribution is 2.18. The molecular weight excluding hydrogens is 284 g/mol. The number of aryl methyl sites for hydroxylation is 1. The molecule has 0 radical (unpaired) electrons. The zero-order valence-corrected chi connectivity index (χ0v) is 12.0. The minimum Gasteiger partial charge on any atom is -0.381 e. The largest absolute Gasteiger partial charge is 0.381 e. The lowest BCUT2D eigenvalue weighted by Crippen LogP contribution is -2.13. The molecule has 0 fully saturated rings. The normalized spacial score (nSPS) is 10.8. The van der Waals surface area contributed by atoms with E-state index in [9.17, 15) is 4.79 Å². The Morgan fingerprint density at radius 3 is 2.82 bits per heavy atom. The van der Waals surface area contributed by atoms with Crippen molar-refractivity contribution in [1.82, 2.24) is 9.78 Å². The molecule has 1 aromatic heterocycles. The number of rotatable bonds is 8. The molecule has 17 heavy (non-hydrogen) atoms. The van der Waals surface area contributed by atoms with Crippen LogP contribution < -0.4 is 0 Å². The fraction of sp³-hybridized carbons (Fsp3) is 0.667. The van der Waals surface area contributed by atoms with Crippen molar-refractivity contribution in [2.24, 2.45) is 0 Å². The van der Waals surface area contributed by atoms with Crippen molar-refractivity contribution in [1.29, 1.82) is 0 Å². The van der Waals surface area contributed by atoms with Gasteiger partial charge in [0.1, 0.15) is 5.69 Å². The molecule has 0 aliphatic carbocycles. The summed E-state index contributed by atoms with van der Waals surface area (Å²) >= 11 is 3.37. The highest BCUT2D eigenvalue weighted by atomic mass is 79.9. The van der Waals surface area contributed by atoms with Crippen LogP contribution in [0.4, 0.5) is 0 Å². The number of carbonyl (C=O) groups excluding carboxylic acids is 1. The van der Waals surface area contributed by atoms with Crippen molar-refractivity contribution >= 4 is 21.7 Å². The van der Waals surface area contributed by atoms with Crippen LogP contribution in [0.2, 0.25) is 0 Å². The maximum atomic E-state index is 12.0. The number of halogens is 1. The Balaban J connectivity index is 2.58. The van der Waals surface area contributed by atoms with Gasteiger partial charge in [0.05, 0.1) is 17.3 Å². The van der Waals surface area contributed by atoms with Crippen LogP contribution in [-0.4, -0.2) is 28.8 Å². The zero-order valence-electron chi connectivity index (χ0n) is 10.4. The van der Waals surface area contributed by atoms with Crippen LogP contribution in [-0.2, 0) is 11.3 Å². The smallest absolute Gasteiger partial charge is 0.184 e. The van der Waals surface area contributed by atoms with Gasteiger partial charge in [-0.05, 0) is 28.8 Å². The average Bonchev–Trinajstić information content (AvgIpc) is 2.66. The Bertz CT molecular complexity index is 363. The first kappa shape index (κ1) is 14.4. The van der Waals surface area contributed by atoms with Crippen LogP contribution in [0.25, 0.3) is 0 Å². The summed E-state index contributed by atoms with van der Waals surface area (Å²) in [5, 5.41) is 4.18. The molecular formula is C12H19BrN2O2.